The van der Waals surface area contributed by atoms with Crippen LogP contribution in [0.25, 0.3) is 12.2 Å². The summed E-state index contributed by atoms with van der Waals surface area (Å²) in [6.45, 7) is 4.81. The maximum absolute atomic E-state index is 12.5. The molecule has 0 aliphatic carbocycles. The number of benzene rings is 2. The number of carbonyl (C=O) groups excluding carboxylic acids is 1. The fourth-order valence-electron chi connectivity index (χ4n) is 3.28. The molecule has 0 saturated heterocycles. The fraction of sp³-hybridized carbons (Fsp3) is 0.370. The Labute approximate surface area is 207 Å². The van der Waals surface area contributed by atoms with Gasteiger partial charge in [0.15, 0.2) is 28.8 Å². The minimum absolute atomic E-state index is 0.0796. The highest BCUT2D eigenvalue weighted by Crippen LogP contribution is 2.40. The Morgan fingerprint density at radius 2 is 1.17 bits per heavy atom. The van der Waals surface area contributed by atoms with Gasteiger partial charge < -0.3 is 33.2 Å². The van der Waals surface area contributed by atoms with Gasteiger partial charge in [-0.15, -0.1) is 0 Å². The normalized spacial score (nSPS) is 12.0. The van der Waals surface area contributed by atoms with Crippen molar-refractivity contribution >= 4 is 17.9 Å². The number of methoxy groups -OCH3 is 5. The van der Waals surface area contributed by atoms with E-state index in [2.05, 4.69) is 0 Å². The topological polar surface area (TPSA) is 81.7 Å². The van der Waals surface area contributed by atoms with Gasteiger partial charge in [-0.05, 0) is 61.4 Å². The minimum Gasteiger partial charge on any atom is -0.493 e. The van der Waals surface area contributed by atoms with Gasteiger partial charge >= 0.3 is 0 Å². The lowest BCUT2D eigenvalue weighted by Gasteiger charge is -2.18. The predicted octanol–water partition coefficient (Wildman–Crippen LogP) is 4.83. The summed E-state index contributed by atoms with van der Waals surface area (Å²) in [5.41, 5.74) is 1.45. The van der Waals surface area contributed by atoms with E-state index in [9.17, 15) is 4.79 Å². The van der Waals surface area contributed by atoms with Crippen LogP contribution in [0, 0.1) is 0 Å². The molecule has 8 nitrogen and oxygen atoms in total. The molecule has 0 fully saturated rings. The average Bonchev–Trinajstić information content (AvgIpc) is 2.88. The van der Waals surface area contributed by atoms with Crippen LogP contribution >= 0.6 is 0 Å². The molecule has 2 aromatic rings. The molecule has 1 unspecified atom stereocenters. The smallest absolute Gasteiger partial charge is 0.203 e. The van der Waals surface area contributed by atoms with Crippen LogP contribution in [0.1, 0.15) is 25.0 Å². The molecule has 0 heterocycles. The van der Waals surface area contributed by atoms with Crippen molar-refractivity contribution in [1.82, 2.24) is 0 Å². The Bertz CT molecular complexity index is 991. The molecule has 2 aromatic carbocycles. The standard InChI is InChI=1S/C27H34O8/c1-8-34-18(2)17-35-27-24(31-5)15-20(16-25(27)32-6)10-12-21(28)11-9-19-13-22(29-3)26(33-7)23(14-19)30-4/h9-16,18H,8,17H2,1-7H3/b11-9+,12-10+. The first-order valence-electron chi connectivity index (χ1n) is 11.1. The average molecular weight is 487 g/mol. The minimum atomic E-state index is -0.206. The molecule has 2 rings (SSSR count). The summed E-state index contributed by atoms with van der Waals surface area (Å²) in [7, 11) is 7.71. The van der Waals surface area contributed by atoms with Gasteiger partial charge in [-0.1, -0.05) is 12.2 Å². The van der Waals surface area contributed by atoms with E-state index in [1.165, 1.54) is 33.5 Å². The summed E-state index contributed by atoms with van der Waals surface area (Å²) in [5.74, 6) is 2.76. The molecular weight excluding hydrogens is 452 g/mol. The quantitative estimate of drug-likeness (QED) is 0.351. The summed E-state index contributed by atoms with van der Waals surface area (Å²) in [6, 6.07) is 7.07. The number of ether oxygens (including phenoxy) is 7. The van der Waals surface area contributed by atoms with E-state index in [1.807, 2.05) is 13.8 Å². The monoisotopic (exact) mass is 486 g/mol. The lowest BCUT2D eigenvalue weighted by molar-refractivity contribution is -0.110. The number of rotatable bonds is 14. The molecule has 0 N–H and O–H groups in total. The Balaban J connectivity index is 2.20. The zero-order valence-corrected chi connectivity index (χ0v) is 21.4. The number of hydrogen-bond acceptors (Lipinski definition) is 8. The molecule has 0 saturated carbocycles. The molecule has 1 atom stereocenters. The second-order valence-corrected chi connectivity index (χ2v) is 7.36. The van der Waals surface area contributed by atoms with Gasteiger partial charge in [-0.3, -0.25) is 4.79 Å². The highest BCUT2D eigenvalue weighted by molar-refractivity contribution is 6.04. The third kappa shape index (κ3) is 7.68. The maximum Gasteiger partial charge on any atom is 0.203 e. The first-order chi connectivity index (χ1) is 16.9. The molecule has 0 radical (unpaired) electrons. The van der Waals surface area contributed by atoms with E-state index >= 15 is 0 Å². The molecule has 8 heteroatoms. The third-order valence-electron chi connectivity index (χ3n) is 4.96. The first kappa shape index (κ1) is 27.6. The molecule has 0 amide bonds. The second kappa shape index (κ2) is 13.9. The predicted molar refractivity (Wildman–Crippen MR) is 135 cm³/mol. The van der Waals surface area contributed by atoms with Crippen LogP contribution in [0.5, 0.6) is 34.5 Å². The fourth-order valence-corrected chi connectivity index (χ4v) is 3.28. The van der Waals surface area contributed by atoms with Gasteiger partial charge in [-0.25, -0.2) is 0 Å². The van der Waals surface area contributed by atoms with Gasteiger partial charge in [0.2, 0.25) is 11.5 Å². The molecule has 0 aliphatic rings. The van der Waals surface area contributed by atoms with Crippen molar-refractivity contribution in [3.8, 4) is 34.5 Å². The number of hydrogen-bond donors (Lipinski definition) is 0. The van der Waals surface area contributed by atoms with Crippen molar-refractivity contribution < 1.29 is 38.0 Å². The van der Waals surface area contributed by atoms with Gasteiger partial charge in [0, 0.05) is 6.61 Å². The maximum atomic E-state index is 12.5. The van der Waals surface area contributed by atoms with Crippen molar-refractivity contribution in [3.05, 3.63) is 47.5 Å². The van der Waals surface area contributed by atoms with Crippen LogP contribution in [0.2, 0.25) is 0 Å². The van der Waals surface area contributed by atoms with Gasteiger partial charge in [0.1, 0.15) is 6.61 Å². The summed E-state index contributed by atoms with van der Waals surface area (Å²) < 4.78 is 38.4. The Kier molecular flexibility index (Phi) is 11.0. The lowest BCUT2D eigenvalue weighted by atomic mass is 10.1. The van der Waals surface area contributed by atoms with Crippen LogP contribution in [0.15, 0.2) is 36.4 Å². The SMILES string of the molecule is CCOC(C)COc1c(OC)cc(/C=C/C(=O)/C=C/c2cc(OC)c(OC)c(OC)c2)cc1OC. The molecule has 0 bridgehead atoms. The first-order valence-corrected chi connectivity index (χ1v) is 11.1. The lowest BCUT2D eigenvalue weighted by Crippen LogP contribution is -2.18. The van der Waals surface area contributed by atoms with E-state index in [-0.39, 0.29) is 11.9 Å². The number of allylic oxidation sites excluding steroid dienone is 2. The van der Waals surface area contributed by atoms with Crippen molar-refractivity contribution in [1.29, 1.82) is 0 Å². The van der Waals surface area contributed by atoms with Crippen LogP contribution < -0.4 is 28.4 Å². The molecule has 190 valence electrons. The van der Waals surface area contributed by atoms with E-state index in [0.29, 0.717) is 47.7 Å². The second-order valence-electron chi connectivity index (χ2n) is 7.36. The van der Waals surface area contributed by atoms with Gasteiger partial charge in [0.05, 0.1) is 41.7 Å². The van der Waals surface area contributed by atoms with E-state index in [0.717, 1.165) is 11.1 Å². The molecular formula is C27H34O8. The zero-order valence-electron chi connectivity index (χ0n) is 21.4. The Morgan fingerprint density at radius 1 is 0.743 bits per heavy atom. The van der Waals surface area contributed by atoms with Crippen LogP contribution in [-0.4, -0.2) is 60.6 Å². The van der Waals surface area contributed by atoms with Crippen LogP contribution in [-0.2, 0) is 9.53 Å². The van der Waals surface area contributed by atoms with Crippen LogP contribution in [0.4, 0.5) is 0 Å². The Hall–Kier alpha value is -3.65. The summed E-state index contributed by atoms with van der Waals surface area (Å²) in [5, 5.41) is 0. The summed E-state index contributed by atoms with van der Waals surface area (Å²) in [6.07, 6.45) is 6.19. The zero-order chi connectivity index (χ0) is 25.8. The number of ketones is 1. The van der Waals surface area contributed by atoms with Crippen molar-refractivity contribution in [2.75, 3.05) is 48.8 Å². The largest absolute Gasteiger partial charge is 0.493 e. The Morgan fingerprint density at radius 3 is 1.54 bits per heavy atom. The highest BCUT2D eigenvalue weighted by Gasteiger charge is 2.15. The van der Waals surface area contributed by atoms with Gasteiger partial charge in [0.25, 0.3) is 0 Å². The third-order valence-corrected chi connectivity index (χ3v) is 4.96. The van der Waals surface area contributed by atoms with Gasteiger partial charge in [-0.2, -0.15) is 0 Å². The van der Waals surface area contributed by atoms with E-state index < -0.39 is 0 Å². The van der Waals surface area contributed by atoms with Crippen molar-refractivity contribution in [2.24, 2.45) is 0 Å². The summed E-state index contributed by atoms with van der Waals surface area (Å²) >= 11 is 0. The number of carbonyl (C=O) groups is 1. The molecule has 0 spiro atoms. The molecule has 0 aromatic heterocycles. The molecule has 35 heavy (non-hydrogen) atoms. The van der Waals surface area contributed by atoms with Crippen molar-refractivity contribution in [2.45, 2.75) is 20.0 Å². The van der Waals surface area contributed by atoms with E-state index in [1.54, 1.807) is 50.6 Å². The van der Waals surface area contributed by atoms with E-state index in [4.69, 9.17) is 33.2 Å². The molecule has 0 aliphatic heterocycles. The van der Waals surface area contributed by atoms with Crippen molar-refractivity contribution in [3.63, 3.8) is 0 Å². The summed E-state index contributed by atoms with van der Waals surface area (Å²) in [4.78, 5) is 12.5. The van der Waals surface area contributed by atoms with Crippen LogP contribution in [0.3, 0.4) is 0 Å². The highest BCUT2D eigenvalue weighted by atomic mass is 16.6.